The molecule has 1 saturated carbocycles. The Labute approximate surface area is 115 Å². The Morgan fingerprint density at radius 3 is 2.47 bits per heavy atom. The summed E-state index contributed by atoms with van der Waals surface area (Å²) < 4.78 is 0. The molecule has 0 aromatic heterocycles. The number of amides is 2. The van der Waals surface area contributed by atoms with Crippen molar-refractivity contribution in [1.82, 2.24) is 9.80 Å². The predicted octanol–water partition coefficient (Wildman–Crippen LogP) is 0.727. The normalized spacial score (nSPS) is 25.4. The van der Waals surface area contributed by atoms with E-state index in [4.69, 9.17) is 5.73 Å². The molecule has 5 nitrogen and oxygen atoms in total. The van der Waals surface area contributed by atoms with Crippen molar-refractivity contribution in [1.29, 1.82) is 0 Å². The van der Waals surface area contributed by atoms with Crippen molar-refractivity contribution in [3.63, 3.8) is 0 Å². The van der Waals surface area contributed by atoms with Crippen LogP contribution in [0.2, 0.25) is 0 Å². The third-order valence-corrected chi connectivity index (χ3v) is 4.55. The molecule has 0 aromatic rings. The highest BCUT2D eigenvalue weighted by Crippen LogP contribution is 2.22. The van der Waals surface area contributed by atoms with Crippen molar-refractivity contribution in [2.24, 2.45) is 5.73 Å². The minimum absolute atomic E-state index is 0.125. The van der Waals surface area contributed by atoms with E-state index in [1.54, 1.807) is 0 Å². The second kappa shape index (κ2) is 6.37. The van der Waals surface area contributed by atoms with E-state index in [1.165, 1.54) is 19.3 Å². The van der Waals surface area contributed by atoms with Gasteiger partial charge < -0.3 is 10.6 Å². The molecule has 2 N–H and O–H groups in total. The van der Waals surface area contributed by atoms with Gasteiger partial charge in [-0.15, -0.1) is 0 Å². The topological polar surface area (TPSA) is 66.6 Å². The minimum Gasteiger partial charge on any atom is -0.368 e. The summed E-state index contributed by atoms with van der Waals surface area (Å²) >= 11 is 0. The SMILES string of the molecule is CN(C(=O)CN1CCCC1C(N)=O)C1CCCCC1. The molecule has 1 unspecified atom stereocenters. The Balaban J connectivity index is 1.87. The first-order valence-electron chi connectivity index (χ1n) is 7.38. The summed E-state index contributed by atoms with van der Waals surface area (Å²) in [6.45, 7) is 1.14. The first-order chi connectivity index (χ1) is 9.09. The van der Waals surface area contributed by atoms with Crippen LogP contribution in [0.4, 0.5) is 0 Å². The molecule has 1 heterocycles. The molecule has 1 saturated heterocycles. The Bertz CT molecular complexity index is 340. The smallest absolute Gasteiger partial charge is 0.236 e. The van der Waals surface area contributed by atoms with Gasteiger partial charge in [-0.2, -0.15) is 0 Å². The lowest BCUT2D eigenvalue weighted by Crippen LogP contribution is -2.48. The zero-order valence-electron chi connectivity index (χ0n) is 11.8. The molecule has 108 valence electrons. The Morgan fingerprint density at radius 1 is 1.16 bits per heavy atom. The Hall–Kier alpha value is -1.10. The van der Waals surface area contributed by atoms with E-state index in [1.807, 2.05) is 16.8 Å². The fourth-order valence-electron chi connectivity index (χ4n) is 3.29. The summed E-state index contributed by atoms with van der Waals surface area (Å²) in [5, 5.41) is 0. The van der Waals surface area contributed by atoms with Crippen molar-refractivity contribution >= 4 is 11.8 Å². The van der Waals surface area contributed by atoms with Gasteiger partial charge in [-0.05, 0) is 32.2 Å². The van der Waals surface area contributed by atoms with Crippen molar-refractivity contribution < 1.29 is 9.59 Å². The Morgan fingerprint density at radius 2 is 1.84 bits per heavy atom. The lowest BCUT2D eigenvalue weighted by atomic mass is 9.94. The number of hydrogen-bond acceptors (Lipinski definition) is 3. The van der Waals surface area contributed by atoms with Crippen molar-refractivity contribution in [3.05, 3.63) is 0 Å². The fraction of sp³-hybridized carbons (Fsp3) is 0.857. The first-order valence-corrected chi connectivity index (χ1v) is 7.38. The summed E-state index contributed by atoms with van der Waals surface area (Å²) in [5.74, 6) is -0.175. The average Bonchev–Trinajstić information content (AvgIpc) is 2.87. The van der Waals surface area contributed by atoms with Crippen molar-refractivity contribution in [2.75, 3.05) is 20.1 Å². The molecule has 0 radical (unpaired) electrons. The number of carbonyl (C=O) groups excluding carboxylic acids is 2. The quantitative estimate of drug-likeness (QED) is 0.816. The second-order valence-electron chi connectivity index (χ2n) is 5.83. The van der Waals surface area contributed by atoms with Crippen LogP contribution in [-0.4, -0.2) is 53.8 Å². The van der Waals surface area contributed by atoms with Crippen LogP contribution in [0.25, 0.3) is 0 Å². The van der Waals surface area contributed by atoms with Crippen LogP contribution < -0.4 is 5.73 Å². The van der Waals surface area contributed by atoms with Crippen LogP contribution in [-0.2, 0) is 9.59 Å². The summed E-state index contributed by atoms with van der Waals surface area (Å²) in [7, 11) is 1.90. The molecule has 0 bridgehead atoms. The van der Waals surface area contributed by atoms with E-state index in [0.717, 1.165) is 32.2 Å². The van der Waals surface area contributed by atoms with Gasteiger partial charge in [-0.25, -0.2) is 0 Å². The van der Waals surface area contributed by atoms with E-state index < -0.39 is 0 Å². The van der Waals surface area contributed by atoms with E-state index in [0.29, 0.717) is 12.6 Å². The Kier molecular flexibility index (Phi) is 4.80. The number of nitrogens with zero attached hydrogens (tertiary/aromatic N) is 2. The fourth-order valence-corrected chi connectivity index (χ4v) is 3.29. The molecule has 0 spiro atoms. The number of carbonyl (C=O) groups is 2. The maximum absolute atomic E-state index is 12.3. The van der Waals surface area contributed by atoms with Gasteiger partial charge >= 0.3 is 0 Å². The van der Waals surface area contributed by atoms with Crippen LogP contribution >= 0.6 is 0 Å². The molecule has 5 heteroatoms. The zero-order chi connectivity index (χ0) is 13.8. The van der Waals surface area contributed by atoms with Crippen LogP contribution in [0.5, 0.6) is 0 Å². The summed E-state index contributed by atoms with van der Waals surface area (Å²) in [6, 6.07) is 0.139. The summed E-state index contributed by atoms with van der Waals surface area (Å²) in [4.78, 5) is 27.4. The van der Waals surface area contributed by atoms with Crippen molar-refractivity contribution in [2.45, 2.75) is 57.0 Å². The minimum atomic E-state index is -0.300. The highest BCUT2D eigenvalue weighted by molar-refractivity contribution is 5.82. The average molecular weight is 267 g/mol. The summed E-state index contributed by atoms with van der Waals surface area (Å²) in [6.07, 6.45) is 7.69. The molecule has 2 aliphatic rings. The van der Waals surface area contributed by atoms with E-state index >= 15 is 0 Å². The lowest BCUT2D eigenvalue weighted by molar-refractivity contribution is -0.134. The van der Waals surface area contributed by atoms with Crippen LogP contribution in [0.1, 0.15) is 44.9 Å². The molecule has 0 aromatic carbocycles. The third kappa shape index (κ3) is 3.47. The first kappa shape index (κ1) is 14.3. The number of primary amides is 1. The molecule has 1 aliphatic carbocycles. The van der Waals surface area contributed by atoms with Crippen LogP contribution in [0.3, 0.4) is 0 Å². The molecular formula is C14H25N3O2. The highest BCUT2D eigenvalue weighted by Gasteiger charge is 2.32. The van der Waals surface area contributed by atoms with Gasteiger partial charge in [0.1, 0.15) is 0 Å². The highest BCUT2D eigenvalue weighted by atomic mass is 16.2. The van der Waals surface area contributed by atoms with Gasteiger partial charge in [0.2, 0.25) is 11.8 Å². The van der Waals surface area contributed by atoms with E-state index in [-0.39, 0.29) is 17.9 Å². The molecule has 2 rings (SSSR count). The lowest BCUT2D eigenvalue weighted by Gasteiger charge is -2.33. The number of likely N-dealkylation sites (tertiary alicyclic amines) is 1. The van der Waals surface area contributed by atoms with Gasteiger partial charge in [0.25, 0.3) is 0 Å². The monoisotopic (exact) mass is 267 g/mol. The van der Waals surface area contributed by atoms with E-state index in [9.17, 15) is 9.59 Å². The molecule has 19 heavy (non-hydrogen) atoms. The van der Waals surface area contributed by atoms with Crippen LogP contribution in [0.15, 0.2) is 0 Å². The second-order valence-corrected chi connectivity index (χ2v) is 5.83. The number of likely N-dealkylation sites (N-methyl/N-ethyl adjacent to an activating group) is 1. The van der Waals surface area contributed by atoms with Gasteiger partial charge in [0.15, 0.2) is 0 Å². The van der Waals surface area contributed by atoms with Gasteiger partial charge in [0.05, 0.1) is 12.6 Å². The molecule has 1 atom stereocenters. The maximum Gasteiger partial charge on any atom is 0.236 e. The van der Waals surface area contributed by atoms with Crippen LogP contribution in [0, 0.1) is 0 Å². The number of hydrogen-bond donors (Lipinski definition) is 1. The third-order valence-electron chi connectivity index (χ3n) is 4.55. The zero-order valence-corrected chi connectivity index (χ0v) is 11.8. The molecule has 2 fully saturated rings. The maximum atomic E-state index is 12.3. The summed E-state index contributed by atoms with van der Waals surface area (Å²) in [5.41, 5.74) is 5.38. The number of nitrogens with two attached hydrogens (primary N) is 1. The largest absolute Gasteiger partial charge is 0.368 e. The van der Waals surface area contributed by atoms with Gasteiger partial charge in [-0.1, -0.05) is 19.3 Å². The molecule has 1 aliphatic heterocycles. The van der Waals surface area contributed by atoms with E-state index in [2.05, 4.69) is 0 Å². The molecule has 2 amide bonds. The molecular weight excluding hydrogens is 242 g/mol. The van der Waals surface area contributed by atoms with Crippen molar-refractivity contribution in [3.8, 4) is 0 Å². The standard InChI is InChI=1S/C14H25N3O2/c1-16(11-6-3-2-4-7-11)13(18)10-17-9-5-8-12(17)14(15)19/h11-12H,2-10H2,1H3,(H2,15,19). The van der Waals surface area contributed by atoms with Gasteiger partial charge in [-0.3, -0.25) is 14.5 Å². The van der Waals surface area contributed by atoms with Gasteiger partial charge in [0, 0.05) is 13.1 Å². The number of rotatable bonds is 4. The predicted molar refractivity (Wildman–Crippen MR) is 73.4 cm³/mol.